The average molecular weight is 274 g/mol. The molecule has 0 saturated carbocycles. The molecule has 0 amide bonds. The number of benzene rings is 2. The molecule has 19 heavy (non-hydrogen) atoms. The van der Waals surface area contributed by atoms with Gasteiger partial charge in [-0.15, -0.1) is 5.10 Å². The normalized spacial score (nSPS) is 12.1. The molecule has 1 heterocycles. The lowest BCUT2D eigenvalue weighted by atomic mass is 10.1. The Morgan fingerprint density at radius 3 is 2.63 bits per heavy atom. The second kappa shape index (κ2) is 3.89. The maximum atomic E-state index is 12.3. The Morgan fingerprint density at radius 1 is 1.26 bits per heavy atom. The summed E-state index contributed by atoms with van der Waals surface area (Å²) in [7, 11) is -3.58. The third-order valence-electron chi connectivity index (χ3n) is 2.97. The summed E-state index contributed by atoms with van der Waals surface area (Å²) in [4.78, 5) is 0.271. The number of fused-ring (bicyclic) bond motifs is 3. The summed E-state index contributed by atoms with van der Waals surface area (Å²) in [5, 5.41) is 8.52. The van der Waals surface area contributed by atoms with Gasteiger partial charge in [0.2, 0.25) is 9.84 Å². The molecule has 0 aliphatic rings. The van der Waals surface area contributed by atoms with Crippen molar-refractivity contribution >= 4 is 31.7 Å². The van der Waals surface area contributed by atoms with Crippen LogP contribution >= 0.6 is 0 Å². The van der Waals surface area contributed by atoms with Crippen LogP contribution in [-0.4, -0.2) is 18.8 Å². The van der Waals surface area contributed by atoms with Crippen LogP contribution in [0.2, 0.25) is 0 Å². The van der Waals surface area contributed by atoms with E-state index < -0.39 is 9.84 Å². The molecule has 0 bridgehead atoms. The van der Waals surface area contributed by atoms with Crippen LogP contribution in [0.15, 0.2) is 51.2 Å². The molecular formula is C13H10N2O3S. The lowest BCUT2D eigenvalue weighted by molar-refractivity contribution is 0.426. The smallest absolute Gasteiger partial charge is 0.202 e. The Morgan fingerprint density at radius 2 is 1.95 bits per heavy atom. The number of nitrogens with zero attached hydrogens (tertiary/aromatic N) is 2. The summed E-state index contributed by atoms with van der Waals surface area (Å²) in [6.07, 6.45) is 0. The van der Waals surface area contributed by atoms with Crippen molar-refractivity contribution in [2.75, 3.05) is 0 Å². The van der Waals surface area contributed by atoms with Crippen LogP contribution in [0.5, 0.6) is 0 Å². The zero-order valence-corrected chi connectivity index (χ0v) is 10.9. The lowest BCUT2D eigenvalue weighted by Gasteiger charge is -2.07. The fourth-order valence-electron chi connectivity index (χ4n) is 1.99. The van der Waals surface area contributed by atoms with Crippen LogP contribution in [0.1, 0.15) is 6.92 Å². The molecule has 0 atom stereocenters. The zero-order valence-electron chi connectivity index (χ0n) is 10.1. The molecule has 3 rings (SSSR count). The molecule has 5 nitrogen and oxygen atoms in total. The highest BCUT2D eigenvalue weighted by molar-refractivity contribution is 7.95. The first-order valence-electron chi connectivity index (χ1n) is 5.56. The van der Waals surface area contributed by atoms with Crippen LogP contribution in [0.25, 0.3) is 21.9 Å². The third kappa shape index (κ3) is 1.64. The average Bonchev–Trinajstić information content (AvgIpc) is 2.86. The first kappa shape index (κ1) is 11.9. The van der Waals surface area contributed by atoms with E-state index in [1.807, 2.05) is 6.07 Å². The summed E-state index contributed by atoms with van der Waals surface area (Å²) in [6, 6.07) is 8.56. The maximum Gasteiger partial charge on any atom is 0.202 e. The first-order chi connectivity index (χ1) is 9.01. The van der Waals surface area contributed by atoms with Crippen LogP contribution in [0.3, 0.4) is 0 Å². The Balaban J connectivity index is 2.56. The first-order valence-corrected chi connectivity index (χ1v) is 7.04. The molecule has 3 aromatic rings. The molecule has 0 radical (unpaired) electrons. The lowest BCUT2D eigenvalue weighted by Crippen LogP contribution is -2.02. The molecule has 0 spiro atoms. The minimum absolute atomic E-state index is 0.0912. The van der Waals surface area contributed by atoms with Gasteiger partial charge in [0.15, 0.2) is 5.58 Å². The quantitative estimate of drug-likeness (QED) is 0.718. The van der Waals surface area contributed by atoms with Crippen molar-refractivity contribution in [1.82, 2.24) is 10.4 Å². The highest BCUT2D eigenvalue weighted by Gasteiger charge is 2.21. The SMILES string of the molecule is C=C(C)S(=O)(=O)c1cc2nnoc2c2ccccc12. The van der Waals surface area contributed by atoms with Crippen molar-refractivity contribution in [3.63, 3.8) is 0 Å². The summed E-state index contributed by atoms with van der Waals surface area (Å²) in [5.74, 6) is 0. The fourth-order valence-corrected chi connectivity index (χ4v) is 3.10. The van der Waals surface area contributed by atoms with E-state index >= 15 is 0 Å². The van der Waals surface area contributed by atoms with Gasteiger partial charge in [0.05, 0.1) is 4.90 Å². The monoisotopic (exact) mass is 274 g/mol. The molecule has 1 aromatic heterocycles. The van der Waals surface area contributed by atoms with Crippen LogP contribution in [-0.2, 0) is 9.84 Å². The van der Waals surface area contributed by atoms with Crippen molar-refractivity contribution in [2.24, 2.45) is 0 Å². The van der Waals surface area contributed by atoms with Crippen molar-refractivity contribution in [3.8, 4) is 0 Å². The predicted molar refractivity (Wildman–Crippen MR) is 71.3 cm³/mol. The second-order valence-corrected chi connectivity index (χ2v) is 6.39. The minimum atomic E-state index is -3.58. The van der Waals surface area contributed by atoms with Crippen LogP contribution in [0, 0.1) is 0 Å². The standard InChI is InChI=1S/C13H10N2O3S/c1-8(2)19(16,17)12-7-11-13(18-15-14-11)10-6-4-3-5-9(10)12/h3-7H,1H2,2H3. The number of hydrogen-bond acceptors (Lipinski definition) is 5. The largest absolute Gasteiger partial charge is 0.336 e. The Kier molecular flexibility index (Phi) is 2.43. The summed E-state index contributed by atoms with van der Waals surface area (Å²) < 4.78 is 29.7. The van der Waals surface area contributed by atoms with Gasteiger partial charge in [0, 0.05) is 20.9 Å². The zero-order chi connectivity index (χ0) is 13.6. The van der Waals surface area contributed by atoms with Crippen LogP contribution < -0.4 is 0 Å². The van der Waals surface area contributed by atoms with Gasteiger partial charge in [0.1, 0.15) is 5.52 Å². The number of allylic oxidation sites excluding steroid dienone is 1. The molecule has 0 N–H and O–H groups in total. The third-order valence-corrected chi connectivity index (χ3v) is 4.80. The molecule has 0 aliphatic carbocycles. The topological polar surface area (TPSA) is 73.1 Å². The van der Waals surface area contributed by atoms with Gasteiger partial charge in [-0.05, 0) is 13.0 Å². The number of rotatable bonds is 2. The van der Waals surface area contributed by atoms with Gasteiger partial charge in [-0.2, -0.15) is 0 Å². The van der Waals surface area contributed by atoms with E-state index in [1.54, 1.807) is 18.2 Å². The Labute approximate surface area is 109 Å². The Hall–Kier alpha value is -2.21. The van der Waals surface area contributed by atoms with Gasteiger partial charge >= 0.3 is 0 Å². The Bertz CT molecular complexity index is 910. The van der Waals surface area contributed by atoms with E-state index in [1.165, 1.54) is 13.0 Å². The van der Waals surface area contributed by atoms with E-state index in [0.29, 0.717) is 21.9 Å². The summed E-state index contributed by atoms with van der Waals surface area (Å²) in [6.45, 7) is 5.00. The van der Waals surface area contributed by atoms with Crippen LogP contribution in [0.4, 0.5) is 0 Å². The highest BCUT2D eigenvalue weighted by Crippen LogP contribution is 2.32. The molecule has 0 saturated heterocycles. The van der Waals surface area contributed by atoms with E-state index in [0.717, 1.165) is 0 Å². The van der Waals surface area contributed by atoms with E-state index in [-0.39, 0.29) is 9.80 Å². The molecule has 0 aliphatic heterocycles. The van der Waals surface area contributed by atoms with E-state index in [4.69, 9.17) is 4.52 Å². The van der Waals surface area contributed by atoms with Gasteiger partial charge < -0.3 is 4.52 Å². The summed E-state index contributed by atoms with van der Waals surface area (Å²) >= 11 is 0. The van der Waals surface area contributed by atoms with E-state index in [9.17, 15) is 8.42 Å². The number of aromatic nitrogens is 2. The molecule has 0 fully saturated rings. The van der Waals surface area contributed by atoms with Crippen molar-refractivity contribution in [1.29, 1.82) is 0 Å². The molecule has 6 heteroatoms. The maximum absolute atomic E-state index is 12.3. The van der Waals surface area contributed by atoms with Crippen molar-refractivity contribution < 1.29 is 12.9 Å². The minimum Gasteiger partial charge on any atom is -0.336 e. The molecular weight excluding hydrogens is 264 g/mol. The van der Waals surface area contributed by atoms with Gasteiger partial charge in [-0.1, -0.05) is 30.8 Å². The molecule has 0 unspecified atom stereocenters. The summed E-state index contributed by atoms with van der Waals surface area (Å²) in [5.41, 5.74) is 0.898. The molecule has 2 aromatic carbocycles. The van der Waals surface area contributed by atoms with Gasteiger partial charge in [0.25, 0.3) is 0 Å². The predicted octanol–water partition coefficient (Wildman–Crippen LogP) is 2.68. The fraction of sp³-hybridized carbons (Fsp3) is 0.0769. The van der Waals surface area contributed by atoms with Crippen molar-refractivity contribution in [2.45, 2.75) is 11.8 Å². The van der Waals surface area contributed by atoms with Gasteiger partial charge in [-0.3, -0.25) is 0 Å². The number of hydrogen-bond donors (Lipinski definition) is 0. The highest BCUT2D eigenvalue weighted by atomic mass is 32.2. The van der Waals surface area contributed by atoms with Gasteiger partial charge in [-0.25, -0.2) is 8.42 Å². The van der Waals surface area contributed by atoms with E-state index in [2.05, 4.69) is 16.9 Å². The number of sulfone groups is 1. The second-order valence-electron chi connectivity index (χ2n) is 4.25. The van der Waals surface area contributed by atoms with Crippen molar-refractivity contribution in [3.05, 3.63) is 41.8 Å². The molecule has 96 valence electrons.